The molecule has 0 aromatic carbocycles. The predicted molar refractivity (Wildman–Crippen MR) is 69.4 cm³/mol. The zero-order chi connectivity index (χ0) is 15.0. The van der Waals surface area contributed by atoms with Crippen LogP contribution in [0.3, 0.4) is 0 Å². The number of pyridine rings is 1. The first-order valence-electron chi connectivity index (χ1n) is 6.60. The number of carbonyl (C=O) groups is 3. The maximum Gasteiger partial charge on any atom is 0.339 e. The SMILES string of the molecule is COC(=O)c1ccc(C(=O)N2C[C@@H]3COC(=O)[C@@H]3C2)nc1. The maximum absolute atomic E-state index is 12.3. The van der Waals surface area contributed by atoms with Gasteiger partial charge in [-0.1, -0.05) is 0 Å². The van der Waals surface area contributed by atoms with Crippen LogP contribution in [0, 0.1) is 11.8 Å². The third-order valence-electron chi connectivity index (χ3n) is 3.87. The second kappa shape index (κ2) is 5.16. The minimum absolute atomic E-state index is 0.0794. The van der Waals surface area contributed by atoms with Crippen LogP contribution in [-0.2, 0) is 14.3 Å². The van der Waals surface area contributed by atoms with Crippen LogP contribution < -0.4 is 0 Å². The summed E-state index contributed by atoms with van der Waals surface area (Å²) in [5.41, 5.74) is 0.534. The van der Waals surface area contributed by atoms with Gasteiger partial charge in [0.15, 0.2) is 0 Å². The van der Waals surface area contributed by atoms with Crippen LogP contribution in [0.1, 0.15) is 20.8 Å². The molecule has 1 aromatic heterocycles. The van der Waals surface area contributed by atoms with Gasteiger partial charge in [0, 0.05) is 25.2 Å². The van der Waals surface area contributed by atoms with Crippen molar-refractivity contribution in [1.82, 2.24) is 9.88 Å². The lowest BCUT2D eigenvalue weighted by Gasteiger charge is -2.16. The van der Waals surface area contributed by atoms with Crippen molar-refractivity contribution in [3.63, 3.8) is 0 Å². The Balaban J connectivity index is 1.71. The Bertz CT molecular complexity index is 598. The quantitative estimate of drug-likeness (QED) is 0.719. The number of cyclic esters (lactones) is 1. The van der Waals surface area contributed by atoms with E-state index in [0.29, 0.717) is 19.7 Å². The van der Waals surface area contributed by atoms with Crippen LogP contribution in [0.2, 0.25) is 0 Å². The number of ether oxygens (including phenoxy) is 2. The fourth-order valence-corrected chi connectivity index (χ4v) is 2.69. The molecule has 21 heavy (non-hydrogen) atoms. The number of methoxy groups -OCH3 is 1. The average Bonchev–Trinajstić information content (AvgIpc) is 3.08. The topological polar surface area (TPSA) is 85.8 Å². The van der Waals surface area contributed by atoms with Crippen molar-refractivity contribution in [2.24, 2.45) is 11.8 Å². The molecule has 2 saturated heterocycles. The molecule has 0 N–H and O–H groups in total. The molecule has 110 valence electrons. The van der Waals surface area contributed by atoms with Crippen LogP contribution in [0.15, 0.2) is 18.3 Å². The van der Waals surface area contributed by atoms with Gasteiger partial charge in [-0.2, -0.15) is 0 Å². The van der Waals surface area contributed by atoms with Crippen molar-refractivity contribution in [2.45, 2.75) is 0 Å². The second-order valence-electron chi connectivity index (χ2n) is 5.13. The van der Waals surface area contributed by atoms with Gasteiger partial charge in [0.1, 0.15) is 5.69 Å². The van der Waals surface area contributed by atoms with Crippen molar-refractivity contribution in [1.29, 1.82) is 0 Å². The first-order valence-corrected chi connectivity index (χ1v) is 6.60. The van der Waals surface area contributed by atoms with E-state index < -0.39 is 5.97 Å². The zero-order valence-electron chi connectivity index (χ0n) is 11.4. The minimum atomic E-state index is -0.500. The Kier molecular flexibility index (Phi) is 3.32. The highest BCUT2D eigenvalue weighted by Gasteiger charge is 2.45. The van der Waals surface area contributed by atoms with E-state index in [-0.39, 0.29) is 35.0 Å². The first-order chi connectivity index (χ1) is 10.1. The monoisotopic (exact) mass is 290 g/mol. The lowest BCUT2D eigenvalue weighted by Crippen LogP contribution is -2.31. The molecule has 7 nitrogen and oxygen atoms in total. The Morgan fingerprint density at radius 2 is 2.19 bits per heavy atom. The number of hydrogen-bond donors (Lipinski definition) is 0. The molecule has 7 heteroatoms. The third kappa shape index (κ3) is 2.35. The molecule has 0 bridgehead atoms. The number of nitrogens with zero attached hydrogens (tertiary/aromatic N) is 2. The Morgan fingerprint density at radius 3 is 2.81 bits per heavy atom. The van der Waals surface area contributed by atoms with E-state index in [9.17, 15) is 14.4 Å². The van der Waals surface area contributed by atoms with Gasteiger partial charge in [-0.3, -0.25) is 14.6 Å². The molecule has 3 rings (SSSR count). The van der Waals surface area contributed by atoms with Gasteiger partial charge in [0.25, 0.3) is 5.91 Å². The average molecular weight is 290 g/mol. The molecule has 0 aliphatic carbocycles. The minimum Gasteiger partial charge on any atom is -0.465 e. The number of fused-ring (bicyclic) bond motifs is 1. The van der Waals surface area contributed by atoms with E-state index in [0.717, 1.165) is 0 Å². The summed E-state index contributed by atoms with van der Waals surface area (Å²) >= 11 is 0. The molecule has 2 fully saturated rings. The van der Waals surface area contributed by atoms with Gasteiger partial charge in [0.2, 0.25) is 0 Å². The summed E-state index contributed by atoms with van der Waals surface area (Å²) in [5.74, 6) is -1.11. The molecule has 0 saturated carbocycles. The molecular weight excluding hydrogens is 276 g/mol. The zero-order valence-corrected chi connectivity index (χ0v) is 11.4. The van der Waals surface area contributed by atoms with E-state index in [1.54, 1.807) is 4.90 Å². The summed E-state index contributed by atoms with van der Waals surface area (Å²) in [7, 11) is 1.28. The standard InChI is InChI=1S/C14H14N2O5/c1-20-13(18)8-2-3-11(15-4-8)12(17)16-5-9-7-21-14(19)10(9)6-16/h2-4,9-10H,5-7H2,1H3/t9-,10-/m1/s1. The van der Waals surface area contributed by atoms with Crippen molar-refractivity contribution in [3.8, 4) is 0 Å². The van der Waals surface area contributed by atoms with E-state index in [4.69, 9.17) is 4.74 Å². The van der Waals surface area contributed by atoms with Crippen LogP contribution >= 0.6 is 0 Å². The molecule has 0 spiro atoms. The summed E-state index contributed by atoms with van der Waals surface area (Å²) in [5, 5.41) is 0. The van der Waals surface area contributed by atoms with Gasteiger partial charge in [-0.15, -0.1) is 0 Å². The molecule has 1 aromatic rings. The number of carbonyl (C=O) groups excluding carboxylic acids is 3. The Morgan fingerprint density at radius 1 is 1.38 bits per heavy atom. The fraction of sp³-hybridized carbons (Fsp3) is 0.429. The molecule has 0 radical (unpaired) electrons. The van der Waals surface area contributed by atoms with Crippen molar-refractivity contribution < 1.29 is 23.9 Å². The normalized spacial score (nSPS) is 23.7. The summed E-state index contributed by atoms with van der Waals surface area (Å²) < 4.78 is 9.54. The number of likely N-dealkylation sites (tertiary alicyclic amines) is 1. The highest BCUT2D eigenvalue weighted by Crippen LogP contribution is 2.30. The second-order valence-corrected chi connectivity index (χ2v) is 5.13. The largest absolute Gasteiger partial charge is 0.465 e. The van der Waals surface area contributed by atoms with Crippen molar-refractivity contribution >= 4 is 17.8 Å². The maximum atomic E-state index is 12.3. The lowest BCUT2D eigenvalue weighted by molar-refractivity contribution is -0.141. The Hall–Kier alpha value is -2.44. The van der Waals surface area contributed by atoms with E-state index >= 15 is 0 Å². The molecule has 2 aliphatic rings. The lowest BCUT2D eigenvalue weighted by atomic mass is 10.0. The van der Waals surface area contributed by atoms with Gasteiger partial charge < -0.3 is 14.4 Å². The van der Waals surface area contributed by atoms with E-state index in [1.165, 1.54) is 25.4 Å². The molecule has 2 atom stereocenters. The molecule has 1 amide bonds. The summed E-state index contributed by atoms with van der Waals surface area (Å²) in [6.07, 6.45) is 1.31. The molecule has 2 aliphatic heterocycles. The molecular formula is C14H14N2O5. The number of amides is 1. The van der Waals surface area contributed by atoms with Crippen molar-refractivity contribution in [2.75, 3.05) is 26.8 Å². The van der Waals surface area contributed by atoms with Crippen LogP contribution in [0.5, 0.6) is 0 Å². The van der Waals surface area contributed by atoms with Gasteiger partial charge >= 0.3 is 11.9 Å². The third-order valence-corrected chi connectivity index (χ3v) is 3.87. The first kappa shape index (κ1) is 13.5. The van der Waals surface area contributed by atoms with E-state index in [1.807, 2.05) is 0 Å². The summed E-state index contributed by atoms with van der Waals surface area (Å²) in [6, 6.07) is 2.98. The van der Waals surface area contributed by atoms with Crippen molar-refractivity contribution in [3.05, 3.63) is 29.6 Å². The molecule has 3 heterocycles. The highest BCUT2D eigenvalue weighted by molar-refractivity contribution is 5.94. The van der Waals surface area contributed by atoms with Gasteiger partial charge in [-0.05, 0) is 12.1 Å². The summed E-state index contributed by atoms with van der Waals surface area (Å²) in [4.78, 5) is 40.7. The van der Waals surface area contributed by atoms with Crippen LogP contribution in [0.25, 0.3) is 0 Å². The van der Waals surface area contributed by atoms with Gasteiger partial charge in [-0.25, -0.2) is 4.79 Å². The smallest absolute Gasteiger partial charge is 0.339 e. The van der Waals surface area contributed by atoms with Crippen LogP contribution in [0.4, 0.5) is 0 Å². The fourth-order valence-electron chi connectivity index (χ4n) is 2.69. The number of rotatable bonds is 2. The number of aromatic nitrogens is 1. The number of esters is 2. The van der Waals surface area contributed by atoms with Gasteiger partial charge in [0.05, 0.1) is 25.2 Å². The van der Waals surface area contributed by atoms with Crippen LogP contribution in [-0.4, -0.2) is 54.5 Å². The van der Waals surface area contributed by atoms with E-state index in [2.05, 4.69) is 9.72 Å². The molecule has 0 unspecified atom stereocenters. The highest BCUT2D eigenvalue weighted by atomic mass is 16.5. The number of hydrogen-bond acceptors (Lipinski definition) is 6. The Labute approximate surface area is 120 Å². The summed E-state index contributed by atoms with van der Waals surface area (Å²) in [6.45, 7) is 1.24. The predicted octanol–water partition coefficient (Wildman–Crippen LogP) is 0.113.